The number of benzene rings is 1. The van der Waals surface area contributed by atoms with E-state index in [0.717, 1.165) is 30.7 Å². The maximum atomic E-state index is 13.0. The quantitative estimate of drug-likeness (QED) is 0.360. The van der Waals surface area contributed by atoms with Crippen molar-refractivity contribution < 1.29 is 14.3 Å². The molecule has 11 heteroatoms. The highest BCUT2D eigenvalue weighted by atomic mass is 16.5. The van der Waals surface area contributed by atoms with Crippen LogP contribution < -0.4 is 11.1 Å². The van der Waals surface area contributed by atoms with Crippen LogP contribution in [0.15, 0.2) is 67.1 Å². The molecular weight excluding hydrogens is 484 g/mol. The summed E-state index contributed by atoms with van der Waals surface area (Å²) in [6, 6.07) is 10.2. The molecule has 1 aliphatic rings. The first-order valence-corrected chi connectivity index (χ1v) is 12.3. The molecule has 4 heterocycles. The Morgan fingerprint density at radius 3 is 2.79 bits per heavy atom. The number of nitrogen functional groups attached to an aromatic ring is 1. The molecule has 3 aromatic heterocycles. The van der Waals surface area contributed by atoms with Crippen molar-refractivity contribution in [1.29, 1.82) is 0 Å². The van der Waals surface area contributed by atoms with Crippen LogP contribution >= 0.6 is 0 Å². The van der Waals surface area contributed by atoms with Crippen LogP contribution in [0.3, 0.4) is 0 Å². The molecule has 0 radical (unpaired) electrons. The predicted octanol–water partition coefficient (Wildman–Crippen LogP) is 3.28. The zero-order valence-corrected chi connectivity index (χ0v) is 20.9. The maximum absolute atomic E-state index is 13.0. The highest BCUT2D eigenvalue weighted by molar-refractivity contribution is 6.04. The molecule has 2 amide bonds. The van der Waals surface area contributed by atoms with E-state index in [4.69, 9.17) is 15.5 Å². The number of carbonyl (C=O) groups is 2. The number of rotatable bonds is 7. The van der Waals surface area contributed by atoms with Crippen molar-refractivity contribution in [3.05, 3.63) is 78.5 Å². The number of nitrogens with one attached hydrogen (secondary N) is 1. The molecule has 1 unspecified atom stereocenters. The Kier molecular flexibility index (Phi) is 7.36. The number of nitrogens with zero attached hydrogens (tertiary/aromatic N) is 6. The summed E-state index contributed by atoms with van der Waals surface area (Å²) in [6.07, 6.45) is 10.9. The van der Waals surface area contributed by atoms with Crippen molar-refractivity contribution in [3.8, 4) is 11.3 Å². The predicted molar refractivity (Wildman–Crippen MR) is 142 cm³/mol. The van der Waals surface area contributed by atoms with E-state index in [1.807, 2.05) is 27.6 Å². The highest BCUT2D eigenvalue weighted by Crippen LogP contribution is 2.36. The first kappa shape index (κ1) is 25.0. The number of amides is 2. The van der Waals surface area contributed by atoms with Crippen molar-refractivity contribution in [3.63, 3.8) is 0 Å². The molecule has 0 spiro atoms. The molecule has 5 rings (SSSR count). The van der Waals surface area contributed by atoms with Gasteiger partial charge < -0.3 is 20.7 Å². The third kappa shape index (κ3) is 5.09. The van der Waals surface area contributed by atoms with E-state index in [1.165, 1.54) is 6.20 Å². The molecule has 1 aliphatic heterocycles. The van der Waals surface area contributed by atoms with Gasteiger partial charge in [0.15, 0.2) is 5.82 Å². The Bertz CT molecular complexity index is 1470. The van der Waals surface area contributed by atoms with E-state index < -0.39 is 0 Å². The number of nitrogens with two attached hydrogens (primary N) is 1. The normalized spacial score (nSPS) is 15.7. The topological polar surface area (TPSA) is 141 Å². The van der Waals surface area contributed by atoms with Gasteiger partial charge in [-0.05, 0) is 43.5 Å². The summed E-state index contributed by atoms with van der Waals surface area (Å²) in [5.74, 6) is 1.05. The Morgan fingerprint density at radius 2 is 2.03 bits per heavy atom. The molecule has 4 aromatic rings. The fourth-order valence-electron chi connectivity index (χ4n) is 4.66. The van der Waals surface area contributed by atoms with E-state index in [9.17, 15) is 9.59 Å². The number of piperidine rings is 1. The van der Waals surface area contributed by atoms with Gasteiger partial charge in [0, 0.05) is 49.4 Å². The second kappa shape index (κ2) is 11.2. The summed E-state index contributed by atoms with van der Waals surface area (Å²) in [7, 11) is 1.59. The fourth-order valence-corrected chi connectivity index (χ4v) is 4.66. The summed E-state index contributed by atoms with van der Waals surface area (Å²) in [4.78, 5) is 36.8. The van der Waals surface area contributed by atoms with E-state index in [2.05, 4.69) is 20.5 Å². The average Bonchev–Trinajstić information content (AvgIpc) is 3.34. The molecule has 1 fully saturated rings. The van der Waals surface area contributed by atoms with Crippen LogP contribution in [0, 0.1) is 0 Å². The van der Waals surface area contributed by atoms with Crippen LogP contribution in [-0.4, -0.2) is 61.5 Å². The summed E-state index contributed by atoms with van der Waals surface area (Å²) in [6.45, 7) is 1.01. The SMILES string of the molecule is COCC=CC(=O)N1CCCCC1c1nc(-c2ccc(C(=O)Nc3cccnn3)cc2)c2c(N)nccn12. The summed E-state index contributed by atoms with van der Waals surface area (Å²) in [5, 5.41) is 10.4. The molecular formula is C27H28N8O3. The molecule has 0 aliphatic carbocycles. The Hall–Kier alpha value is -4.64. The summed E-state index contributed by atoms with van der Waals surface area (Å²) in [5.41, 5.74) is 8.86. The molecule has 1 atom stereocenters. The number of aromatic nitrogens is 5. The largest absolute Gasteiger partial charge is 0.382 e. The van der Waals surface area contributed by atoms with Crippen molar-refractivity contribution in [2.24, 2.45) is 0 Å². The number of carbonyl (C=O) groups excluding carboxylic acids is 2. The third-order valence-electron chi connectivity index (χ3n) is 6.45. The minimum Gasteiger partial charge on any atom is -0.382 e. The van der Waals surface area contributed by atoms with Crippen molar-refractivity contribution in [2.75, 3.05) is 31.3 Å². The number of fused-ring (bicyclic) bond motifs is 1. The molecule has 1 saturated heterocycles. The highest BCUT2D eigenvalue weighted by Gasteiger charge is 2.31. The lowest BCUT2D eigenvalue weighted by molar-refractivity contribution is -0.130. The zero-order chi connectivity index (χ0) is 26.5. The van der Waals surface area contributed by atoms with Crippen LogP contribution in [-0.2, 0) is 9.53 Å². The first-order chi connectivity index (χ1) is 18.6. The van der Waals surface area contributed by atoms with Gasteiger partial charge in [-0.15, -0.1) is 5.10 Å². The summed E-state index contributed by atoms with van der Waals surface area (Å²) >= 11 is 0. The van der Waals surface area contributed by atoms with Gasteiger partial charge in [-0.2, -0.15) is 5.10 Å². The minimum absolute atomic E-state index is 0.0782. The van der Waals surface area contributed by atoms with Crippen molar-refractivity contribution >= 4 is 29.0 Å². The molecule has 3 N–H and O–H groups in total. The van der Waals surface area contributed by atoms with E-state index in [-0.39, 0.29) is 17.9 Å². The van der Waals surface area contributed by atoms with Crippen LogP contribution in [0.2, 0.25) is 0 Å². The molecule has 0 bridgehead atoms. The van der Waals surface area contributed by atoms with Crippen LogP contribution in [0.25, 0.3) is 16.8 Å². The Labute approximate surface area is 219 Å². The second-order valence-corrected chi connectivity index (χ2v) is 8.89. The van der Waals surface area contributed by atoms with E-state index >= 15 is 0 Å². The average molecular weight is 513 g/mol. The Morgan fingerprint density at radius 1 is 1.18 bits per heavy atom. The molecule has 38 heavy (non-hydrogen) atoms. The van der Waals surface area contributed by atoms with Crippen molar-refractivity contribution in [1.82, 2.24) is 29.5 Å². The number of likely N-dealkylation sites (tertiary alicyclic amines) is 1. The molecule has 194 valence electrons. The number of imidazole rings is 1. The lowest BCUT2D eigenvalue weighted by Crippen LogP contribution is -2.38. The number of methoxy groups -OCH3 is 1. The van der Waals surface area contributed by atoms with Gasteiger partial charge in [0.1, 0.15) is 22.9 Å². The fraction of sp³-hybridized carbons (Fsp3) is 0.259. The van der Waals surface area contributed by atoms with Gasteiger partial charge in [-0.1, -0.05) is 18.2 Å². The number of hydrogen-bond donors (Lipinski definition) is 2. The third-order valence-corrected chi connectivity index (χ3v) is 6.45. The van der Waals surface area contributed by atoms with Gasteiger partial charge in [-0.25, -0.2) is 9.97 Å². The van der Waals surface area contributed by atoms with Crippen LogP contribution in [0.5, 0.6) is 0 Å². The van der Waals surface area contributed by atoms with Gasteiger partial charge in [0.2, 0.25) is 5.91 Å². The van der Waals surface area contributed by atoms with Crippen molar-refractivity contribution in [2.45, 2.75) is 25.3 Å². The van der Waals surface area contributed by atoms with Crippen LogP contribution in [0.4, 0.5) is 11.6 Å². The minimum atomic E-state index is -0.300. The smallest absolute Gasteiger partial charge is 0.256 e. The van der Waals surface area contributed by atoms with E-state index in [0.29, 0.717) is 41.6 Å². The number of ether oxygens (including phenoxy) is 1. The zero-order valence-electron chi connectivity index (χ0n) is 20.9. The first-order valence-electron chi connectivity index (χ1n) is 12.3. The second-order valence-electron chi connectivity index (χ2n) is 8.89. The van der Waals surface area contributed by atoms with Gasteiger partial charge >= 0.3 is 0 Å². The standard InChI is InChI=1S/C27H28N8O3/c1-38-17-5-8-22(36)34-15-3-2-6-20(34)26-32-23(24-25(28)29-14-16-35(24)26)18-9-11-19(12-10-18)27(37)31-21-7-4-13-30-33-21/h4-5,7-14,16,20H,2-3,6,15,17H2,1H3,(H2,28,29)(H,31,33,37). The Balaban J connectivity index is 1.48. The molecule has 11 nitrogen and oxygen atoms in total. The lowest BCUT2D eigenvalue weighted by Gasteiger charge is -2.34. The van der Waals surface area contributed by atoms with Crippen LogP contribution in [0.1, 0.15) is 41.5 Å². The summed E-state index contributed by atoms with van der Waals surface area (Å²) < 4.78 is 6.96. The maximum Gasteiger partial charge on any atom is 0.256 e. The number of hydrogen-bond acceptors (Lipinski definition) is 8. The number of anilines is 2. The molecule has 1 aromatic carbocycles. The van der Waals surface area contributed by atoms with Gasteiger partial charge in [0.05, 0.1) is 12.6 Å². The monoisotopic (exact) mass is 512 g/mol. The van der Waals surface area contributed by atoms with Gasteiger partial charge in [-0.3, -0.25) is 14.0 Å². The van der Waals surface area contributed by atoms with E-state index in [1.54, 1.807) is 49.7 Å². The molecule has 0 saturated carbocycles. The van der Waals surface area contributed by atoms with Gasteiger partial charge in [0.25, 0.3) is 5.91 Å². The lowest BCUT2D eigenvalue weighted by atomic mass is 10.0.